The first-order valence-corrected chi connectivity index (χ1v) is 5.15. The first kappa shape index (κ1) is 12.9. The topological polar surface area (TPSA) is 17.1 Å². The first-order chi connectivity index (χ1) is 6.59. The highest BCUT2D eigenvalue weighted by atomic mass is 16.1. The van der Waals surface area contributed by atoms with Crippen molar-refractivity contribution in [2.45, 2.75) is 41.0 Å². The normalized spacial score (nSPS) is 8.93. The largest absolute Gasteiger partial charge is 0.300 e. The van der Waals surface area contributed by atoms with Crippen molar-refractivity contribution in [2.75, 3.05) is 0 Å². The predicted octanol–water partition coefficient (Wildman–Crippen LogP) is 3.46. The molecule has 0 spiro atoms. The van der Waals surface area contributed by atoms with Gasteiger partial charge in [-0.3, -0.25) is 4.79 Å². The molecule has 0 bridgehead atoms. The van der Waals surface area contributed by atoms with Crippen LogP contribution < -0.4 is 0 Å². The molecule has 0 aliphatic rings. The van der Waals surface area contributed by atoms with Crippen molar-refractivity contribution in [3.8, 4) is 0 Å². The molecule has 0 heterocycles. The molecule has 0 unspecified atom stereocenters. The van der Waals surface area contributed by atoms with Crippen LogP contribution in [-0.2, 0) is 11.2 Å². The van der Waals surface area contributed by atoms with Gasteiger partial charge >= 0.3 is 0 Å². The van der Waals surface area contributed by atoms with Crippen LogP contribution in [0.25, 0.3) is 0 Å². The molecule has 0 aromatic heterocycles. The maximum atomic E-state index is 10.8. The minimum absolute atomic E-state index is 0.221. The molecular weight excluding hydrogens is 172 g/mol. The van der Waals surface area contributed by atoms with E-state index in [1.807, 2.05) is 19.9 Å². The summed E-state index contributed by atoms with van der Waals surface area (Å²) in [6.45, 7) is 9.76. The monoisotopic (exact) mass is 192 g/mol. The second-order valence-corrected chi connectivity index (χ2v) is 3.30. The third-order valence-electron chi connectivity index (χ3n) is 2.02. The summed E-state index contributed by atoms with van der Waals surface area (Å²) in [7, 11) is 0. The summed E-state index contributed by atoms with van der Waals surface area (Å²) < 4.78 is 0. The van der Waals surface area contributed by atoms with E-state index in [9.17, 15) is 4.79 Å². The van der Waals surface area contributed by atoms with E-state index >= 15 is 0 Å². The third kappa shape index (κ3) is 4.22. The molecule has 14 heavy (non-hydrogen) atoms. The molecule has 0 saturated carbocycles. The first-order valence-electron chi connectivity index (χ1n) is 5.15. The van der Waals surface area contributed by atoms with Crippen molar-refractivity contribution in [3.63, 3.8) is 0 Å². The maximum absolute atomic E-state index is 10.8. The Balaban J connectivity index is 0.000000791. The molecule has 0 radical (unpaired) electrons. The highest BCUT2D eigenvalue weighted by Gasteiger charge is 1.98. The Morgan fingerprint density at radius 1 is 1.14 bits per heavy atom. The molecule has 0 amide bonds. The van der Waals surface area contributed by atoms with Crippen molar-refractivity contribution < 1.29 is 4.79 Å². The Hall–Kier alpha value is -1.11. The van der Waals surface area contributed by atoms with Crippen LogP contribution in [0.5, 0.6) is 0 Å². The lowest BCUT2D eigenvalue weighted by molar-refractivity contribution is -0.116. The van der Waals surface area contributed by atoms with Gasteiger partial charge in [0, 0.05) is 6.42 Å². The molecule has 0 aliphatic carbocycles. The minimum atomic E-state index is 0.221. The summed E-state index contributed by atoms with van der Waals surface area (Å²) in [5, 5.41) is 0. The average molecular weight is 192 g/mol. The second-order valence-electron chi connectivity index (χ2n) is 3.30. The maximum Gasteiger partial charge on any atom is 0.134 e. The van der Waals surface area contributed by atoms with E-state index in [0.29, 0.717) is 6.42 Å². The molecule has 1 aromatic rings. The van der Waals surface area contributed by atoms with E-state index in [1.165, 1.54) is 11.1 Å². The molecule has 0 atom stereocenters. The van der Waals surface area contributed by atoms with Gasteiger partial charge in [-0.05, 0) is 37.5 Å². The number of ketones is 1. The Labute approximate surface area is 87.2 Å². The molecule has 78 valence electrons. The fraction of sp³-hybridized carbons (Fsp3) is 0.462. The lowest BCUT2D eigenvalue weighted by Crippen LogP contribution is -1.96. The smallest absolute Gasteiger partial charge is 0.134 e. The highest BCUT2D eigenvalue weighted by Crippen LogP contribution is 2.10. The summed E-state index contributed by atoms with van der Waals surface area (Å²) in [5.41, 5.74) is 3.65. The lowest BCUT2D eigenvalue weighted by Gasteiger charge is -2.02. The summed E-state index contributed by atoms with van der Waals surface area (Å²) in [6, 6.07) is 6.16. The van der Waals surface area contributed by atoms with Gasteiger partial charge in [-0.25, -0.2) is 0 Å². The molecule has 1 nitrogen and oxygen atoms in total. The van der Waals surface area contributed by atoms with Gasteiger partial charge in [-0.1, -0.05) is 32.0 Å². The van der Waals surface area contributed by atoms with Gasteiger partial charge < -0.3 is 0 Å². The van der Waals surface area contributed by atoms with Crippen LogP contribution in [0.4, 0.5) is 0 Å². The van der Waals surface area contributed by atoms with Crippen molar-refractivity contribution in [1.29, 1.82) is 0 Å². The summed E-state index contributed by atoms with van der Waals surface area (Å²) in [6.07, 6.45) is 0.557. The number of Topliss-reactive ketones (excluding diaryl/α,β-unsaturated/α-hetero) is 1. The van der Waals surface area contributed by atoms with Crippen LogP contribution in [0.15, 0.2) is 18.2 Å². The fourth-order valence-electron chi connectivity index (χ4n) is 1.20. The number of carbonyl (C=O) groups is 1. The van der Waals surface area contributed by atoms with E-state index in [-0.39, 0.29) is 5.78 Å². The van der Waals surface area contributed by atoms with E-state index < -0.39 is 0 Å². The van der Waals surface area contributed by atoms with Crippen LogP contribution >= 0.6 is 0 Å². The quantitative estimate of drug-likeness (QED) is 0.701. The van der Waals surface area contributed by atoms with E-state index in [1.54, 1.807) is 6.92 Å². The Morgan fingerprint density at radius 2 is 1.71 bits per heavy atom. The minimum Gasteiger partial charge on any atom is -0.300 e. The second kappa shape index (κ2) is 6.36. The zero-order chi connectivity index (χ0) is 11.1. The SMILES string of the molecule is CC.CC(=O)Cc1ccc(C)c(C)c1. The number of hydrogen-bond acceptors (Lipinski definition) is 1. The standard InChI is InChI=1S/C11H14O.C2H6/c1-8-4-5-11(6-9(8)2)7-10(3)12;1-2/h4-6H,7H2,1-3H3;1-2H3. The molecule has 0 fully saturated rings. The van der Waals surface area contributed by atoms with Crippen molar-refractivity contribution >= 4 is 5.78 Å². The van der Waals surface area contributed by atoms with Crippen LogP contribution in [0.3, 0.4) is 0 Å². The summed E-state index contributed by atoms with van der Waals surface area (Å²) in [4.78, 5) is 10.8. The number of rotatable bonds is 2. The van der Waals surface area contributed by atoms with Gasteiger partial charge in [0.25, 0.3) is 0 Å². The van der Waals surface area contributed by atoms with Crippen LogP contribution in [-0.4, -0.2) is 5.78 Å². The summed E-state index contributed by atoms with van der Waals surface area (Å²) >= 11 is 0. The van der Waals surface area contributed by atoms with Crippen LogP contribution in [0, 0.1) is 13.8 Å². The van der Waals surface area contributed by atoms with E-state index in [2.05, 4.69) is 26.0 Å². The van der Waals surface area contributed by atoms with Gasteiger partial charge in [-0.15, -0.1) is 0 Å². The zero-order valence-corrected chi connectivity index (χ0v) is 9.85. The van der Waals surface area contributed by atoms with E-state index in [4.69, 9.17) is 0 Å². The third-order valence-corrected chi connectivity index (χ3v) is 2.02. The predicted molar refractivity (Wildman–Crippen MR) is 61.6 cm³/mol. The van der Waals surface area contributed by atoms with E-state index in [0.717, 1.165) is 5.56 Å². The average Bonchev–Trinajstić information content (AvgIpc) is 2.14. The van der Waals surface area contributed by atoms with Gasteiger partial charge in [0.15, 0.2) is 0 Å². The molecule has 0 N–H and O–H groups in total. The lowest BCUT2D eigenvalue weighted by atomic mass is 10.0. The van der Waals surface area contributed by atoms with Crippen LogP contribution in [0.2, 0.25) is 0 Å². The van der Waals surface area contributed by atoms with Crippen LogP contribution in [0.1, 0.15) is 37.5 Å². The Morgan fingerprint density at radius 3 is 2.14 bits per heavy atom. The molecule has 1 heteroatoms. The number of carbonyl (C=O) groups excluding carboxylic acids is 1. The number of aryl methyl sites for hydroxylation is 2. The van der Waals surface area contributed by atoms with Gasteiger partial charge in [-0.2, -0.15) is 0 Å². The Kier molecular flexibility index (Phi) is 5.86. The number of benzene rings is 1. The molecule has 1 rings (SSSR count). The number of hydrogen-bond donors (Lipinski definition) is 0. The molecular formula is C13H20O. The zero-order valence-electron chi connectivity index (χ0n) is 9.85. The molecule has 1 aromatic carbocycles. The molecule has 0 saturated heterocycles. The van der Waals surface area contributed by atoms with Crippen molar-refractivity contribution in [1.82, 2.24) is 0 Å². The van der Waals surface area contributed by atoms with Crippen molar-refractivity contribution in [2.24, 2.45) is 0 Å². The van der Waals surface area contributed by atoms with Gasteiger partial charge in [0.05, 0.1) is 0 Å². The van der Waals surface area contributed by atoms with Crippen molar-refractivity contribution in [3.05, 3.63) is 34.9 Å². The fourth-order valence-corrected chi connectivity index (χ4v) is 1.20. The van der Waals surface area contributed by atoms with Gasteiger partial charge in [0.1, 0.15) is 5.78 Å². The summed E-state index contributed by atoms with van der Waals surface area (Å²) in [5.74, 6) is 0.221. The van der Waals surface area contributed by atoms with Gasteiger partial charge in [0.2, 0.25) is 0 Å². The highest BCUT2D eigenvalue weighted by molar-refractivity contribution is 5.78. The Bertz CT molecular complexity index is 300. The molecule has 0 aliphatic heterocycles.